The van der Waals surface area contributed by atoms with Crippen LogP contribution < -0.4 is 5.32 Å². The van der Waals surface area contributed by atoms with Crippen LogP contribution in [0.4, 0.5) is 4.39 Å². The Kier molecular flexibility index (Phi) is 7.13. The molecule has 1 aromatic heterocycles. The summed E-state index contributed by atoms with van der Waals surface area (Å²) in [6.45, 7) is 5.35. The molecule has 0 radical (unpaired) electrons. The van der Waals surface area contributed by atoms with E-state index in [-0.39, 0.29) is 17.3 Å². The smallest absolute Gasteiger partial charge is 0.243 e. The van der Waals surface area contributed by atoms with Gasteiger partial charge in [-0.05, 0) is 56.5 Å². The van der Waals surface area contributed by atoms with Crippen LogP contribution in [0.2, 0.25) is 0 Å². The average Bonchev–Trinajstić information content (AvgIpc) is 3.10. The Morgan fingerprint density at radius 3 is 2.53 bits per heavy atom. The van der Waals surface area contributed by atoms with Crippen LogP contribution in [0.3, 0.4) is 0 Å². The molecule has 1 N–H and O–H groups in total. The van der Waals surface area contributed by atoms with Crippen molar-refractivity contribution in [2.45, 2.75) is 44.7 Å². The number of piperidine rings is 1. The van der Waals surface area contributed by atoms with Crippen molar-refractivity contribution in [3.8, 4) is 0 Å². The van der Waals surface area contributed by atoms with E-state index in [1.165, 1.54) is 16.4 Å². The van der Waals surface area contributed by atoms with Crippen molar-refractivity contribution in [1.29, 1.82) is 0 Å². The predicted molar refractivity (Wildman–Crippen MR) is 127 cm³/mol. The van der Waals surface area contributed by atoms with Crippen LogP contribution in [0.25, 0.3) is 0 Å². The Labute approximate surface area is 199 Å². The highest BCUT2D eigenvalue weighted by Gasteiger charge is 2.33. The normalized spacial score (nSPS) is 17.0. The molecule has 1 atom stereocenters. The van der Waals surface area contributed by atoms with E-state index in [2.05, 4.69) is 10.4 Å². The van der Waals surface area contributed by atoms with E-state index < -0.39 is 21.8 Å². The summed E-state index contributed by atoms with van der Waals surface area (Å²) < 4.78 is 42.4. The number of carbonyl (C=O) groups is 1. The molecule has 4 rings (SSSR count). The van der Waals surface area contributed by atoms with Crippen LogP contribution in [-0.4, -0.2) is 41.5 Å². The zero-order valence-corrected chi connectivity index (χ0v) is 20.2. The number of benzene rings is 2. The zero-order chi connectivity index (χ0) is 24.3. The third kappa shape index (κ3) is 5.20. The molecule has 2 heterocycles. The van der Waals surface area contributed by atoms with E-state index in [0.717, 1.165) is 34.6 Å². The molecular formula is C25H29FN4O3S. The summed E-state index contributed by atoms with van der Waals surface area (Å²) in [5.41, 5.74) is 3.97. The van der Waals surface area contributed by atoms with Crippen LogP contribution >= 0.6 is 0 Å². The van der Waals surface area contributed by atoms with E-state index >= 15 is 0 Å². The molecule has 180 valence electrons. The molecule has 1 fully saturated rings. The molecule has 1 aliphatic heterocycles. The molecule has 9 heteroatoms. The second-order valence-corrected chi connectivity index (χ2v) is 10.6. The van der Waals surface area contributed by atoms with Gasteiger partial charge in [0, 0.05) is 30.9 Å². The van der Waals surface area contributed by atoms with Crippen molar-refractivity contribution in [3.05, 3.63) is 82.9 Å². The summed E-state index contributed by atoms with van der Waals surface area (Å²) in [6.07, 6.45) is 1.21. The number of nitrogens with zero attached hydrogens (tertiary/aromatic N) is 3. The maximum atomic E-state index is 13.2. The van der Waals surface area contributed by atoms with Gasteiger partial charge < -0.3 is 5.32 Å². The van der Waals surface area contributed by atoms with Crippen molar-refractivity contribution in [2.75, 3.05) is 13.1 Å². The first-order valence-corrected chi connectivity index (χ1v) is 12.8. The molecule has 1 amide bonds. The van der Waals surface area contributed by atoms with Gasteiger partial charge in [-0.3, -0.25) is 9.48 Å². The highest BCUT2D eigenvalue weighted by molar-refractivity contribution is 7.89. The zero-order valence-electron chi connectivity index (χ0n) is 19.4. The van der Waals surface area contributed by atoms with Gasteiger partial charge in [-0.15, -0.1) is 0 Å². The average molecular weight is 485 g/mol. The number of hydrogen-bond donors (Lipinski definition) is 1. The maximum Gasteiger partial charge on any atom is 0.243 e. The van der Waals surface area contributed by atoms with Gasteiger partial charge in [-0.2, -0.15) is 9.40 Å². The standard InChI is InChI=1S/C25H29FN4O3S/c1-18-24(19(2)30(28-18)16-20-7-4-3-5-8-20)15-27-25(31)21-9-6-14-29(17-21)34(32,33)23-12-10-22(26)11-13-23/h3-5,7-8,10-13,21H,6,9,14-17H2,1-2H3,(H,27,31)/t21-/m0/s1. The van der Waals surface area contributed by atoms with Gasteiger partial charge in [0.25, 0.3) is 0 Å². The number of nitrogens with one attached hydrogen (secondary N) is 1. The number of carbonyl (C=O) groups excluding carboxylic acids is 1. The molecule has 7 nitrogen and oxygen atoms in total. The molecule has 0 saturated carbocycles. The summed E-state index contributed by atoms with van der Waals surface area (Å²) in [4.78, 5) is 13.0. The Hall–Kier alpha value is -3.04. The lowest BCUT2D eigenvalue weighted by Crippen LogP contribution is -2.45. The molecule has 2 aromatic carbocycles. The highest BCUT2D eigenvalue weighted by Crippen LogP contribution is 2.24. The van der Waals surface area contributed by atoms with Crippen LogP contribution in [0.1, 0.15) is 35.4 Å². The predicted octanol–water partition coefficient (Wildman–Crippen LogP) is 3.40. The largest absolute Gasteiger partial charge is 0.352 e. The van der Waals surface area contributed by atoms with Crippen molar-refractivity contribution in [2.24, 2.45) is 5.92 Å². The summed E-state index contributed by atoms with van der Waals surface area (Å²) in [6, 6.07) is 14.8. The number of halogens is 1. The van der Waals surface area contributed by atoms with Crippen molar-refractivity contribution >= 4 is 15.9 Å². The van der Waals surface area contributed by atoms with Crippen LogP contribution in [0.5, 0.6) is 0 Å². The number of sulfonamides is 1. The number of hydrogen-bond acceptors (Lipinski definition) is 4. The minimum atomic E-state index is -3.78. The minimum Gasteiger partial charge on any atom is -0.352 e. The first-order chi connectivity index (χ1) is 16.3. The van der Waals surface area contributed by atoms with Gasteiger partial charge in [-0.25, -0.2) is 12.8 Å². The first kappa shape index (κ1) is 24.1. The Balaban J connectivity index is 1.40. The Morgan fingerprint density at radius 2 is 1.82 bits per heavy atom. The number of amides is 1. The molecular weight excluding hydrogens is 455 g/mol. The van der Waals surface area contributed by atoms with Gasteiger partial charge in [0.2, 0.25) is 15.9 Å². The van der Waals surface area contributed by atoms with Gasteiger partial charge in [0.1, 0.15) is 5.82 Å². The molecule has 0 unspecified atom stereocenters. The van der Waals surface area contributed by atoms with Gasteiger partial charge >= 0.3 is 0 Å². The Bertz CT molecular complexity index is 1260. The molecule has 1 saturated heterocycles. The van der Waals surface area contributed by atoms with Gasteiger partial charge in [-0.1, -0.05) is 30.3 Å². The van der Waals surface area contributed by atoms with Crippen LogP contribution in [0.15, 0.2) is 59.5 Å². The van der Waals surface area contributed by atoms with Gasteiger partial charge in [0.15, 0.2) is 0 Å². The van der Waals surface area contributed by atoms with Crippen LogP contribution in [-0.2, 0) is 27.9 Å². The quantitative estimate of drug-likeness (QED) is 0.557. The summed E-state index contributed by atoms with van der Waals surface area (Å²) in [5.74, 6) is -1.11. The first-order valence-electron chi connectivity index (χ1n) is 11.4. The molecule has 1 aliphatic rings. The minimum absolute atomic E-state index is 0.0343. The van der Waals surface area contributed by atoms with E-state index in [4.69, 9.17) is 0 Å². The fourth-order valence-corrected chi connectivity index (χ4v) is 5.87. The van der Waals surface area contributed by atoms with E-state index in [1.807, 2.05) is 48.9 Å². The number of aromatic nitrogens is 2. The van der Waals surface area contributed by atoms with Crippen LogP contribution in [0, 0.1) is 25.6 Å². The second-order valence-electron chi connectivity index (χ2n) is 8.67. The van der Waals surface area contributed by atoms with E-state index in [1.54, 1.807) is 0 Å². The summed E-state index contributed by atoms with van der Waals surface area (Å²) in [7, 11) is -3.78. The number of rotatable bonds is 7. The second kappa shape index (κ2) is 10.1. The lowest BCUT2D eigenvalue weighted by Gasteiger charge is -2.31. The van der Waals surface area contributed by atoms with E-state index in [9.17, 15) is 17.6 Å². The fraction of sp³-hybridized carbons (Fsp3) is 0.360. The fourth-order valence-electron chi connectivity index (χ4n) is 4.35. The lowest BCUT2D eigenvalue weighted by molar-refractivity contribution is -0.126. The summed E-state index contributed by atoms with van der Waals surface area (Å²) >= 11 is 0. The van der Waals surface area contributed by atoms with Crippen molar-refractivity contribution in [1.82, 2.24) is 19.4 Å². The third-order valence-electron chi connectivity index (χ3n) is 6.35. The molecule has 0 aliphatic carbocycles. The Morgan fingerprint density at radius 1 is 1.12 bits per heavy atom. The molecule has 0 spiro atoms. The topological polar surface area (TPSA) is 84.3 Å². The van der Waals surface area contributed by atoms with Crippen molar-refractivity contribution < 1.29 is 17.6 Å². The van der Waals surface area contributed by atoms with E-state index in [0.29, 0.717) is 32.5 Å². The molecule has 34 heavy (non-hydrogen) atoms. The van der Waals surface area contributed by atoms with Gasteiger partial charge in [0.05, 0.1) is 23.1 Å². The summed E-state index contributed by atoms with van der Waals surface area (Å²) in [5, 5.41) is 7.61. The SMILES string of the molecule is Cc1nn(Cc2ccccc2)c(C)c1CNC(=O)[C@H]1CCCN(S(=O)(=O)c2ccc(F)cc2)C1. The van der Waals surface area contributed by atoms with Crippen molar-refractivity contribution in [3.63, 3.8) is 0 Å². The maximum absolute atomic E-state index is 13.2. The molecule has 0 bridgehead atoms. The molecule has 3 aromatic rings. The third-order valence-corrected chi connectivity index (χ3v) is 8.23. The lowest BCUT2D eigenvalue weighted by atomic mass is 9.98. The monoisotopic (exact) mass is 484 g/mol. The highest BCUT2D eigenvalue weighted by atomic mass is 32.2. The number of aryl methyl sites for hydroxylation is 1.